The van der Waals surface area contributed by atoms with Crippen molar-refractivity contribution in [1.29, 1.82) is 0 Å². The van der Waals surface area contributed by atoms with Gasteiger partial charge in [-0.3, -0.25) is 4.79 Å². The first kappa shape index (κ1) is 7.91. The monoisotopic (exact) mass is 175 g/mol. The highest BCUT2D eigenvalue weighted by Crippen LogP contribution is 2.07. The molecule has 4 heteroatoms. The minimum Gasteiger partial charge on any atom is -0.301 e. The average Bonchev–Trinajstić information content (AvgIpc) is 2.12. The number of fused-ring (bicyclic) bond motifs is 1. The second-order valence-corrected chi connectivity index (χ2v) is 2.99. The van der Waals surface area contributed by atoms with Gasteiger partial charge in [0.25, 0.3) is 5.56 Å². The second kappa shape index (κ2) is 2.65. The third-order valence-corrected chi connectivity index (χ3v) is 2.01. The van der Waals surface area contributed by atoms with E-state index in [1.807, 2.05) is 13.0 Å². The largest absolute Gasteiger partial charge is 0.301 e. The lowest BCUT2D eigenvalue weighted by molar-refractivity contribution is 0.838. The Morgan fingerprint density at radius 3 is 2.85 bits per heavy atom. The minimum absolute atomic E-state index is 0.103. The molecule has 66 valence electrons. The van der Waals surface area contributed by atoms with E-state index < -0.39 is 0 Å². The van der Waals surface area contributed by atoms with Gasteiger partial charge in [-0.2, -0.15) is 0 Å². The Morgan fingerprint density at radius 2 is 2.08 bits per heavy atom. The van der Waals surface area contributed by atoms with E-state index in [0.717, 1.165) is 5.56 Å². The van der Waals surface area contributed by atoms with Crippen LogP contribution < -0.4 is 5.56 Å². The predicted octanol–water partition coefficient (Wildman–Crippen LogP) is 0.637. The minimum atomic E-state index is -0.103. The van der Waals surface area contributed by atoms with Crippen LogP contribution in [0, 0.1) is 6.92 Å². The van der Waals surface area contributed by atoms with Crippen LogP contribution in [0.4, 0.5) is 0 Å². The lowest BCUT2D eigenvalue weighted by Crippen LogP contribution is -2.18. The van der Waals surface area contributed by atoms with Crippen molar-refractivity contribution in [1.82, 2.24) is 14.5 Å². The van der Waals surface area contributed by atoms with E-state index in [4.69, 9.17) is 0 Å². The van der Waals surface area contributed by atoms with Gasteiger partial charge in [0.05, 0.1) is 11.8 Å². The summed E-state index contributed by atoms with van der Waals surface area (Å²) in [5.41, 5.74) is 1.99. The van der Waals surface area contributed by atoms with Crippen molar-refractivity contribution in [2.45, 2.75) is 6.92 Å². The fourth-order valence-corrected chi connectivity index (χ4v) is 1.23. The van der Waals surface area contributed by atoms with E-state index in [9.17, 15) is 4.79 Å². The van der Waals surface area contributed by atoms with Crippen molar-refractivity contribution < 1.29 is 0 Å². The van der Waals surface area contributed by atoms with Crippen LogP contribution in [0.15, 0.2) is 23.4 Å². The highest BCUT2D eigenvalue weighted by molar-refractivity contribution is 5.75. The average molecular weight is 175 g/mol. The fourth-order valence-electron chi connectivity index (χ4n) is 1.23. The van der Waals surface area contributed by atoms with Crippen molar-refractivity contribution in [3.05, 3.63) is 34.5 Å². The molecule has 0 aliphatic carbocycles. The summed E-state index contributed by atoms with van der Waals surface area (Å²) in [7, 11) is 1.67. The van der Waals surface area contributed by atoms with E-state index in [0.29, 0.717) is 11.0 Å². The zero-order valence-electron chi connectivity index (χ0n) is 7.48. The summed E-state index contributed by atoms with van der Waals surface area (Å²) in [6.07, 6.45) is 3.14. The summed E-state index contributed by atoms with van der Waals surface area (Å²) in [5, 5.41) is 0. The van der Waals surface area contributed by atoms with Crippen molar-refractivity contribution >= 4 is 11.0 Å². The van der Waals surface area contributed by atoms with E-state index >= 15 is 0 Å². The van der Waals surface area contributed by atoms with E-state index in [1.165, 1.54) is 10.9 Å². The predicted molar refractivity (Wildman–Crippen MR) is 49.5 cm³/mol. The molecule has 0 radical (unpaired) electrons. The third kappa shape index (κ3) is 1.11. The van der Waals surface area contributed by atoms with Gasteiger partial charge in [0.15, 0.2) is 5.52 Å². The van der Waals surface area contributed by atoms with Crippen molar-refractivity contribution in [3.63, 3.8) is 0 Å². The van der Waals surface area contributed by atoms with Crippen LogP contribution in [-0.2, 0) is 7.05 Å². The summed E-state index contributed by atoms with van der Waals surface area (Å²) in [5.74, 6) is 0. The molecule has 0 spiro atoms. The number of nitrogens with zero attached hydrogens (tertiary/aromatic N) is 3. The summed E-state index contributed by atoms with van der Waals surface area (Å²) in [6.45, 7) is 1.91. The molecule has 0 aromatic carbocycles. The maximum Gasteiger partial charge on any atom is 0.279 e. The first-order valence-electron chi connectivity index (χ1n) is 3.97. The molecule has 0 fully saturated rings. The van der Waals surface area contributed by atoms with Crippen LogP contribution in [-0.4, -0.2) is 14.5 Å². The Kier molecular flexibility index (Phi) is 1.62. The van der Waals surface area contributed by atoms with Crippen molar-refractivity contribution in [3.8, 4) is 0 Å². The van der Waals surface area contributed by atoms with Crippen LogP contribution in [0.1, 0.15) is 5.56 Å². The van der Waals surface area contributed by atoms with Crippen LogP contribution in [0.25, 0.3) is 11.0 Å². The van der Waals surface area contributed by atoms with Gasteiger partial charge in [0, 0.05) is 13.2 Å². The molecule has 0 aliphatic heterocycles. The second-order valence-electron chi connectivity index (χ2n) is 2.99. The van der Waals surface area contributed by atoms with E-state index in [2.05, 4.69) is 9.97 Å². The molecule has 2 heterocycles. The zero-order valence-corrected chi connectivity index (χ0v) is 7.48. The van der Waals surface area contributed by atoms with E-state index in [-0.39, 0.29) is 5.56 Å². The molecule has 2 aromatic heterocycles. The number of pyridine rings is 1. The molecule has 0 N–H and O–H groups in total. The first-order chi connectivity index (χ1) is 6.20. The highest BCUT2D eigenvalue weighted by Gasteiger charge is 2.03. The molecule has 2 rings (SSSR count). The Balaban J connectivity index is 3.03. The van der Waals surface area contributed by atoms with Gasteiger partial charge in [-0.1, -0.05) is 0 Å². The quantitative estimate of drug-likeness (QED) is 0.590. The smallest absolute Gasteiger partial charge is 0.279 e. The molecular weight excluding hydrogens is 166 g/mol. The Morgan fingerprint density at radius 1 is 1.31 bits per heavy atom. The summed E-state index contributed by atoms with van der Waals surface area (Å²) >= 11 is 0. The maximum absolute atomic E-state index is 11.5. The number of hydrogen-bond donors (Lipinski definition) is 0. The van der Waals surface area contributed by atoms with Gasteiger partial charge >= 0.3 is 0 Å². The molecule has 0 saturated carbocycles. The van der Waals surface area contributed by atoms with Gasteiger partial charge in [-0.25, -0.2) is 9.97 Å². The van der Waals surface area contributed by atoms with Gasteiger partial charge in [0.1, 0.15) is 0 Å². The standard InChI is InChI=1S/C9H9N3O/c1-6-3-4-10-8-7(6)11-5-12(2)9(8)13/h3-5H,1-2H3. The number of rotatable bonds is 0. The third-order valence-electron chi connectivity index (χ3n) is 2.01. The normalized spacial score (nSPS) is 10.6. The highest BCUT2D eigenvalue weighted by atomic mass is 16.1. The van der Waals surface area contributed by atoms with Crippen LogP contribution in [0.3, 0.4) is 0 Å². The molecule has 0 unspecified atom stereocenters. The van der Waals surface area contributed by atoms with Gasteiger partial charge in [0.2, 0.25) is 0 Å². The van der Waals surface area contributed by atoms with Gasteiger partial charge in [-0.15, -0.1) is 0 Å². The number of aromatic nitrogens is 3. The Hall–Kier alpha value is -1.71. The molecule has 13 heavy (non-hydrogen) atoms. The fraction of sp³-hybridized carbons (Fsp3) is 0.222. The molecule has 0 bridgehead atoms. The zero-order chi connectivity index (χ0) is 9.42. The Bertz CT molecular complexity index is 516. The number of aryl methyl sites for hydroxylation is 2. The van der Waals surface area contributed by atoms with Crippen molar-refractivity contribution in [2.24, 2.45) is 7.05 Å². The maximum atomic E-state index is 11.5. The molecule has 0 amide bonds. The molecule has 0 saturated heterocycles. The van der Waals surface area contributed by atoms with Gasteiger partial charge in [-0.05, 0) is 18.6 Å². The van der Waals surface area contributed by atoms with Gasteiger partial charge < -0.3 is 4.57 Å². The lowest BCUT2D eigenvalue weighted by Gasteiger charge is -2.00. The molecule has 2 aromatic rings. The topological polar surface area (TPSA) is 47.8 Å². The first-order valence-corrected chi connectivity index (χ1v) is 3.97. The molecular formula is C9H9N3O. The van der Waals surface area contributed by atoms with Crippen LogP contribution in [0.5, 0.6) is 0 Å². The molecule has 0 atom stereocenters. The summed E-state index contributed by atoms with van der Waals surface area (Å²) in [6, 6.07) is 1.84. The lowest BCUT2D eigenvalue weighted by atomic mass is 10.2. The van der Waals surface area contributed by atoms with E-state index in [1.54, 1.807) is 13.2 Å². The van der Waals surface area contributed by atoms with Crippen LogP contribution in [0.2, 0.25) is 0 Å². The summed E-state index contributed by atoms with van der Waals surface area (Å²) in [4.78, 5) is 19.7. The summed E-state index contributed by atoms with van der Waals surface area (Å²) < 4.78 is 1.43. The Labute approximate surface area is 74.9 Å². The number of hydrogen-bond acceptors (Lipinski definition) is 3. The molecule has 0 aliphatic rings. The van der Waals surface area contributed by atoms with Crippen LogP contribution >= 0.6 is 0 Å². The van der Waals surface area contributed by atoms with Crippen molar-refractivity contribution in [2.75, 3.05) is 0 Å². The SMILES string of the molecule is Cc1ccnc2c(=O)n(C)cnc12. The molecule has 4 nitrogen and oxygen atoms in total.